The van der Waals surface area contributed by atoms with Gasteiger partial charge in [-0.1, -0.05) is 17.8 Å². The summed E-state index contributed by atoms with van der Waals surface area (Å²) in [6, 6.07) is 4.52. The van der Waals surface area contributed by atoms with E-state index in [4.69, 9.17) is 11.1 Å². The largest absolute Gasteiger partial charge is 0.384 e. The minimum Gasteiger partial charge on any atom is -0.384 e. The van der Waals surface area contributed by atoms with Gasteiger partial charge in [0.05, 0.1) is 11.9 Å². The maximum atomic E-state index is 13.8. The van der Waals surface area contributed by atoms with Gasteiger partial charge >= 0.3 is 0 Å². The van der Waals surface area contributed by atoms with Crippen LogP contribution in [0.2, 0.25) is 0 Å². The third kappa shape index (κ3) is 2.10. The van der Waals surface area contributed by atoms with E-state index in [0.717, 1.165) is 0 Å². The second-order valence-corrected chi connectivity index (χ2v) is 4.94. The lowest BCUT2D eigenvalue weighted by molar-refractivity contribution is 0.621. The van der Waals surface area contributed by atoms with Gasteiger partial charge in [0.25, 0.3) is 0 Å². The van der Waals surface area contributed by atoms with E-state index in [-0.39, 0.29) is 11.4 Å². The Labute approximate surface area is 117 Å². The first-order valence-electron chi connectivity index (χ1n) is 5.61. The Morgan fingerprint density at radius 3 is 2.95 bits per heavy atom. The number of hydrogen-bond acceptors (Lipinski definition) is 5. The van der Waals surface area contributed by atoms with Gasteiger partial charge in [0.1, 0.15) is 28.5 Å². The van der Waals surface area contributed by atoms with Crippen LogP contribution < -0.4 is 5.73 Å². The van der Waals surface area contributed by atoms with Crippen molar-refractivity contribution in [2.75, 3.05) is 0 Å². The Balaban J connectivity index is 2.10. The maximum Gasteiger partial charge on any atom is 0.181 e. The number of nitrogens with one attached hydrogen (secondary N) is 2. The van der Waals surface area contributed by atoms with Crippen LogP contribution >= 0.6 is 11.8 Å². The molecule has 0 atom stereocenters. The number of nitrogens with zero attached hydrogens (tertiary/aromatic N) is 3. The van der Waals surface area contributed by atoms with Gasteiger partial charge in [-0.2, -0.15) is 0 Å². The third-order valence-corrected chi connectivity index (χ3v) is 3.70. The summed E-state index contributed by atoms with van der Waals surface area (Å²) < 4.78 is 13.8. The molecule has 1 aromatic carbocycles. The number of fused-ring (bicyclic) bond motifs is 1. The fourth-order valence-electron chi connectivity index (χ4n) is 1.78. The molecular weight excluding hydrogens is 279 g/mol. The highest BCUT2D eigenvalue weighted by atomic mass is 32.2. The normalized spacial score (nSPS) is 10.8. The summed E-state index contributed by atoms with van der Waals surface area (Å²) in [4.78, 5) is 15.7. The van der Waals surface area contributed by atoms with Crippen LogP contribution in [0.1, 0.15) is 5.56 Å². The van der Waals surface area contributed by atoms with Crippen molar-refractivity contribution in [2.45, 2.75) is 9.92 Å². The van der Waals surface area contributed by atoms with E-state index >= 15 is 0 Å². The Hall–Kier alpha value is -2.48. The standard InChI is InChI=1S/C12H9FN6S/c13-6-2-1-3-7(8(6)10(14)15)20-12-9-11(17-4-16-9)18-5-19-12/h1-5H,(H3,14,15)(H,16,17,18,19). The summed E-state index contributed by atoms with van der Waals surface area (Å²) in [6.07, 6.45) is 2.90. The number of nitrogens with two attached hydrogens (primary N) is 1. The fourth-order valence-corrected chi connectivity index (χ4v) is 2.79. The predicted molar refractivity (Wildman–Crippen MR) is 73.2 cm³/mol. The van der Waals surface area contributed by atoms with Crippen molar-refractivity contribution < 1.29 is 4.39 Å². The van der Waals surface area contributed by atoms with Crippen LogP contribution in [0, 0.1) is 11.2 Å². The van der Waals surface area contributed by atoms with Gasteiger partial charge in [0.2, 0.25) is 0 Å². The van der Waals surface area contributed by atoms with Crippen molar-refractivity contribution in [3.8, 4) is 0 Å². The lowest BCUT2D eigenvalue weighted by atomic mass is 10.2. The molecule has 2 heterocycles. The maximum absolute atomic E-state index is 13.8. The molecule has 6 nitrogen and oxygen atoms in total. The number of imidazole rings is 1. The van der Waals surface area contributed by atoms with Gasteiger partial charge in [-0.25, -0.2) is 19.3 Å². The van der Waals surface area contributed by atoms with Crippen molar-refractivity contribution in [2.24, 2.45) is 5.73 Å². The molecule has 0 radical (unpaired) electrons. The van der Waals surface area contributed by atoms with E-state index in [1.165, 1.54) is 30.5 Å². The average molecular weight is 288 g/mol. The highest BCUT2D eigenvalue weighted by molar-refractivity contribution is 7.99. The van der Waals surface area contributed by atoms with Crippen LogP contribution in [0.5, 0.6) is 0 Å². The molecule has 0 aliphatic carbocycles. The molecule has 0 saturated heterocycles. The van der Waals surface area contributed by atoms with Gasteiger partial charge in [-0.3, -0.25) is 5.41 Å². The molecule has 0 aliphatic rings. The molecule has 0 bridgehead atoms. The molecule has 0 spiro atoms. The number of halogens is 1. The quantitative estimate of drug-likeness (QED) is 0.388. The van der Waals surface area contributed by atoms with Crippen LogP contribution in [-0.4, -0.2) is 25.8 Å². The van der Waals surface area contributed by atoms with E-state index < -0.39 is 5.82 Å². The molecule has 0 aliphatic heterocycles. The molecule has 100 valence electrons. The monoisotopic (exact) mass is 288 g/mol. The Morgan fingerprint density at radius 2 is 2.15 bits per heavy atom. The van der Waals surface area contributed by atoms with Crippen LogP contribution in [0.15, 0.2) is 40.8 Å². The minimum atomic E-state index is -0.530. The number of rotatable bonds is 3. The molecule has 2 aromatic heterocycles. The van der Waals surface area contributed by atoms with E-state index in [0.29, 0.717) is 21.1 Å². The summed E-state index contributed by atoms with van der Waals surface area (Å²) in [5.41, 5.74) is 6.71. The van der Waals surface area contributed by atoms with Gasteiger partial charge in [-0.15, -0.1) is 0 Å². The van der Waals surface area contributed by atoms with Crippen LogP contribution in [0.25, 0.3) is 11.2 Å². The number of amidine groups is 1. The summed E-state index contributed by atoms with van der Waals surface area (Å²) >= 11 is 1.21. The van der Waals surface area contributed by atoms with Crippen molar-refractivity contribution >= 4 is 28.8 Å². The average Bonchev–Trinajstić information content (AvgIpc) is 2.87. The number of aromatic amines is 1. The summed E-state index contributed by atoms with van der Waals surface area (Å²) in [5.74, 6) is -0.849. The van der Waals surface area contributed by atoms with Crippen LogP contribution in [-0.2, 0) is 0 Å². The van der Waals surface area contributed by atoms with Gasteiger partial charge in [-0.05, 0) is 12.1 Å². The zero-order chi connectivity index (χ0) is 14.1. The Morgan fingerprint density at radius 1 is 1.30 bits per heavy atom. The smallest absolute Gasteiger partial charge is 0.181 e. The Bertz CT molecular complexity index is 799. The molecule has 20 heavy (non-hydrogen) atoms. The first-order valence-corrected chi connectivity index (χ1v) is 6.43. The first kappa shape index (κ1) is 12.5. The Kier molecular flexibility index (Phi) is 3.07. The number of aromatic nitrogens is 4. The zero-order valence-corrected chi connectivity index (χ0v) is 10.9. The second kappa shape index (κ2) is 4.89. The molecular formula is C12H9FN6S. The number of nitrogen functional groups attached to an aromatic ring is 1. The van der Waals surface area contributed by atoms with Crippen molar-refractivity contribution in [3.63, 3.8) is 0 Å². The van der Waals surface area contributed by atoms with E-state index in [2.05, 4.69) is 19.9 Å². The highest BCUT2D eigenvalue weighted by Gasteiger charge is 2.15. The summed E-state index contributed by atoms with van der Waals surface area (Å²) in [6.45, 7) is 0. The highest BCUT2D eigenvalue weighted by Crippen LogP contribution is 2.32. The molecule has 0 unspecified atom stereocenters. The molecule has 0 saturated carbocycles. The molecule has 3 aromatic rings. The third-order valence-electron chi connectivity index (χ3n) is 2.64. The summed E-state index contributed by atoms with van der Waals surface area (Å²) in [5, 5.41) is 8.09. The number of hydrogen-bond donors (Lipinski definition) is 3. The molecule has 0 amide bonds. The van der Waals surface area contributed by atoms with Gasteiger partial charge in [0.15, 0.2) is 5.65 Å². The topological polar surface area (TPSA) is 104 Å². The SMILES string of the molecule is N=C(N)c1c(F)cccc1Sc1ncnc2nc[nH]c12. The van der Waals surface area contributed by atoms with E-state index in [9.17, 15) is 4.39 Å². The first-order chi connectivity index (χ1) is 9.66. The lowest BCUT2D eigenvalue weighted by Gasteiger charge is -2.08. The van der Waals surface area contributed by atoms with E-state index in [1.807, 2.05) is 0 Å². The van der Waals surface area contributed by atoms with Crippen LogP contribution in [0.4, 0.5) is 4.39 Å². The summed E-state index contributed by atoms with van der Waals surface area (Å²) in [7, 11) is 0. The molecule has 4 N–H and O–H groups in total. The zero-order valence-electron chi connectivity index (χ0n) is 10.1. The lowest BCUT2D eigenvalue weighted by Crippen LogP contribution is -2.14. The van der Waals surface area contributed by atoms with Gasteiger partial charge < -0.3 is 10.7 Å². The van der Waals surface area contributed by atoms with E-state index in [1.54, 1.807) is 12.1 Å². The number of H-pyrrole nitrogens is 1. The van der Waals surface area contributed by atoms with Crippen LogP contribution in [0.3, 0.4) is 0 Å². The second-order valence-electron chi connectivity index (χ2n) is 3.91. The predicted octanol–water partition coefficient (Wildman–Crippen LogP) is 1.93. The fraction of sp³-hybridized carbons (Fsp3) is 0. The van der Waals surface area contributed by atoms with Crippen molar-refractivity contribution in [1.29, 1.82) is 5.41 Å². The van der Waals surface area contributed by atoms with Crippen molar-refractivity contribution in [3.05, 3.63) is 42.2 Å². The molecule has 3 rings (SSSR count). The number of benzene rings is 1. The minimum absolute atomic E-state index is 0.0729. The van der Waals surface area contributed by atoms with Gasteiger partial charge in [0, 0.05) is 4.90 Å². The molecule has 8 heteroatoms. The molecule has 0 fully saturated rings. The van der Waals surface area contributed by atoms with Crippen molar-refractivity contribution in [1.82, 2.24) is 19.9 Å².